The van der Waals surface area contributed by atoms with Gasteiger partial charge < -0.3 is 19.4 Å². The third-order valence-corrected chi connectivity index (χ3v) is 6.71. The van der Waals surface area contributed by atoms with Gasteiger partial charge in [-0.2, -0.15) is 0 Å². The molecular formula is C27H34N4O4. The lowest BCUT2D eigenvalue weighted by Gasteiger charge is -2.40. The van der Waals surface area contributed by atoms with Crippen molar-refractivity contribution < 1.29 is 14.3 Å². The zero-order valence-electron chi connectivity index (χ0n) is 21.1. The van der Waals surface area contributed by atoms with Gasteiger partial charge in [0.2, 0.25) is 5.91 Å². The minimum absolute atomic E-state index is 0.159. The summed E-state index contributed by atoms with van der Waals surface area (Å²) < 4.78 is 10.7. The quantitative estimate of drug-likeness (QED) is 0.555. The van der Waals surface area contributed by atoms with Crippen molar-refractivity contribution in [2.45, 2.75) is 52.2 Å². The van der Waals surface area contributed by atoms with Crippen molar-refractivity contribution in [2.75, 3.05) is 27.3 Å². The molecule has 1 N–H and O–H groups in total. The molecule has 0 saturated carbocycles. The zero-order valence-corrected chi connectivity index (χ0v) is 21.1. The van der Waals surface area contributed by atoms with Crippen molar-refractivity contribution in [1.82, 2.24) is 19.8 Å². The van der Waals surface area contributed by atoms with Crippen LogP contribution in [0.1, 0.15) is 39.2 Å². The second-order valence-electron chi connectivity index (χ2n) is 9.36. The lowest BCUT2D eigenvalue weighted by molar-refractivity contribution is -0.134. The number of hydrogen-bond donors (Lipinski definition) is 1. The molecule has 0 spiro atoms. The van der Waals surface area contributed by atoms with Gasteiger partial charge >= 0.3 is 0 Å². The molecule has 1 aliphatic rings. The molecule has 1 saturated heterocycles. The summed E-state index contributed by atoms with van der Waals surface area (Å²) in [7, 11) is 3.09. The van der Waals surface area contributed by atoms with Crippen LogP contribution < -0.4 is 15.0 Å². The average Bonchev–Trinajstić information content (AvgIpc) is 2.84. The number of aromatic nitrogens is 2. The first-order chi connectivity index (χ1) is 16.8. The molecule has 0 radical (unpaired) electrons. The van der Waals surface area contributed by atoms with Crippen molar-refractivity contribution in [2.24, 2.45) is 0 Å². The first kappa shape index (κ1) is 24.7. The topological polar surface area (TPSA) is 87.8 Å². The van der Waals surface area contributed by atoms with E-state index in [1.807, 2.05) is 17.0 Å². The van der Waals surface area contributed by atoms with E-state index in [-0.39, 0.29) is 17.5 Å². The van der Waals surface area contributed by atoms with E-state index in [1.165, 1.54) is 12.7 Å². The molecule has 8 heteroatoms. The van der Waals surface area contributed by atoms with Gasteiger partial charge in [-0.05, 0) is 32.3 Å². The highest BCUT2D eigenvalue weighted by Crippen LogP contribution is 2.29. The van der Waals surface area contributed by atoms with E-state index >= 15 is 0 Å². The highest BCUT2D eigenvalue weighted by atomic mass is 16.5. The van der Waals surface area contributed by atoms with E-state index in [2.05, 4.69) is 40.8 Å². The van der Waals surface area contributed by atoms with Crippen LogP contribution in [0, 0.1) is 0 Å². The van der Waals surface area contributed by atoms with Gasteiger partial charge in [0.1, 0.15) is 22.7 Å². The number of aromatic amines is 1. The van der Waals surface area contributed by atoms with Crippen LogP contribution in [0.25, 0.3) is 22.3 Å². The number of nitrogens with one attached hydrogen (secondary N) is 1. The first-order valence-electron chi connectivity index (χ1n) is 12.1. The maximum Gasteiger partial charge on any atom is 0.262 e. The van der Waals surface area contributed by atoms with Crippen molar-refractivity contribution in [1.29, 1.82) is 0 Å². The number of likely N-dealkylation sites (tertiary alicyclic amines) is 1. The highest BCUT2D eigenvalue weighted by molar-refractivity contribution is 5.87. The zero-order chi connectivity index (χ0) is 25.1. The van der Waals surface area contributed by atoms with Gasteiger partial charge in [0.15, 0.2) is 0 Å². The smallest absolute Gasteiger partial charge is 0.262 e. The minimum atomic E-state index is -0.252. The van der Waals surface area contributed by atoms with Crippen LogP contribution in [0.15, 0.2) is 41.2 Å². The van der Waals surface area contributed by atoms with E-state index in [9.17, 15) is 9.59 Å². The fraction of sp³-hybridized carbons (Fsp3) is 0.444. The van der Waals surface area contributed by atoms with E-state index < -0.39 is 0 Å². The Morgan fingerprint density at radius 3 is 2.40 bits per heavy atom. The number of fused-ring (bicyclic) bond motifs is 1. The van der Waals surface area contributed by atoms with Crippen LogP contribution in [0.3, 0.4) is 0 Å². The van der Waals surface area contributed by atoms with E-state index in [0.717, 1.165) is 38.0 Å². The molecule has 3 aromatic rings. The van der Waals surface area contributed by atoms with E-state index in [0.29, 0.717) is 34.3 Å². The molecule has 1 amide bonds. The third-order valence-electron chi connectivity index (χ3n) is 6.71. The maximum absolute atomic E-state index is 12.8. The van der Waals surface area contributed by atoms with Crippen LogP contribution in [-0.4, -0.2) is 65.1 Å². The Morgan fingerprint density at radius 2 is 1.83 bits per heavy atom. The summed E-state index contributed by atoms with van der Waals surface area (Å²) >= 11 is 0. The third kappa shape index (κ3) is 5.32. The van der Waals surface area contributed by atoms with Gasteiger partial charge in [-0.1, -0.05) is 24.3 Å². The number of carbonyl (C=O) groups is 1. The Kier molecular flexibility index (Phi) is 7.40. The summed E-state index contributed by atoms with van der Waals surface area (Å²) in [6.07, 6.45) is 1.98. The normalized spacial score (nSPS) is 14.9. The fourth-order valence-electron chi connectivity index (χ4n) is 5.05. The molecular weight excluding hydrogens is 444 g/mol. The fourth-order valence-corrected chi connectivity index (χ4v) is 5.05. The van der Waals surface area contributed by atoms with Crippen LogP contribution in [0.2, 0.25) is 0 Å². The Morgan fingerprint density at radius 1 is 1.14 bits per heavy atom. The van der Waals surface area contributed by atoms with Crippen LogP contribution >= 0.6 is 0 Å². The SMILES string of the molecule is COc1cc(OC)c2c(=O)[nH]c(-c3ccc(CN4CCC(N(C(C)=O)C(C)C)CC4)cc3)nc2c1. The van der Waals surface area contributed by atoms with E-state index in [4.69, 9.17) is 9.47 Å². The number of nitrogens with zero attached hydrogens (tertiary/aromatic N) is 3. The molecule has 1 fully saturated rings. The number of carbonyl (C=O) groups excluding carboxylic acids is 1. The summed E-state index contributed by atoms with van der Waals surface area (Å²) in [6, 6.07) is 12.1. The van der Waals surface area contributed by atoms with Crippen LogP contribution in [0.4, 0.5) is 0 Å². The lowest BCUT2D eigenvalue weighted by atomic mass is 10.0. The van der Waals surface area contributed by atoms with Gasteiger partial charge in [0.05, 0.1) is 19.7 Å². The van der Waals surface area contributed by atoms with Gasteiger partial charge in [-0.3, -0.25) is 14.5 Å². The van der Waals surface area contributed by atoms with Gasteiger partial charge in [-0.15, -0.1) is 0 Å². The minimum Gasteiger partial charge on any atom is -0.497 e. The number of benzene rings is 2. The molecule has 2 aromatic carbocycles. The molecule has 186 valence electrons. The number of hydrogen-bond acceptors (Lipinski definition) is 6. The Hall–Kier alpha value is -3.39. The number of H-pyrrole nitrogens is 1. The molecule has 0 aliphatic carbocycles. The van der Waals surface area contributed by atoms with Crippen LogP contribution in [0.5, 0.6) is 11.5 Å². The second-order valence-corrected chi connectivity index (χ2v) is 9.36. The Balaban J connectivity index is 1.47. The standard InChI is InChI=1S/C27H34N4O4/c1-17(2)31(18(3)32)21-10-12-30(13-11-21)16-19-6-8-20(9-7-19)26-28-23-14-22(34-4)15-24(35-5)25(23)27(33)29-26/h6-9,14-15,17,21H,10-13,16H2,1-5H3,(H,28,29,33). The number of amides is 1. The van der Waals surface area contributed by atoms with Crippen molar-refractivity contribution >= 4 is 16.8 Å². The average molecular weight is 479 g/mol. The predicted molar refractivity (Wildman–Crippen MR) is 137 cm³/mol. The number of methoxy groups -OCH3 is 2. The molecule has 1 aromatic heterocycles. The molecule has 2 heterocycles. The molecule has 8 nitrogen and oxygen atoms in total. The summed E-state index contributed by atoms with van der Waals surface area (Å²) in [5.41, 5.74) is 2.30. The van der Waals surface area contributed by atoms with Gasteiger partial charge in [0.25, 0.3) is 5.56 Å². The van der Waals surface area contributed by atoms with Gasteiger partial charge in [-0.25, -0.2) is 4.98 Å². The monoisotopic (exact) mass is 478 g/mol. The molecule has 0 bridgehead atoms. The summed E-state index contributed by atoms with van der Waals surface area (Å²) in [5, 5.41) is 0.401. The molecule has 4 rings (SSSR count). The summed E-state index contributed by atoms with van der Waals surface area (Å²) in [4.78, 5) is 36.8. The molecule has 0 unspecified atom stereocenters. The summed E-state index contributed by atoms with van der Waals surface area (Å²) in [6.45, 7) is 8.61. The van der Waals surface area contributed by atoms with Crippen LogP contribution in [-0.2, 0) is 11.3 Å². The Bertz CT molecular complexity index is 1240. The van der Waals surface area contributed by atoms with Crippen molar-refractivity contribution in [3.63, 3.8) is 0 Å². The molecule has 35 heavy (non-hydrogen) atoms. The summed E-state index contributed by atoms with van der Waals surface area (Å²) in [5.74, 6) is 1.67. The number of piperidine rings is 1. The first-order valence-corrected chi connectivity index (χ1v) is 12.1. The number of rotatable bonds is 7. The predicted octanol–water partition coefficient (Wildman–Crippen LogP) is 3.83. The van der Waals surface area contributed by atoms with E-state index in [1.54, 1.807) is 26.2 Å². The lowest BCUT2D eigenvalue weighted by Crippen LogP contribution is -2.49. The highest BCUT2D eigenvalue weighted by Gasteiger charge is 2.27. The maximum atomic E-state index is 12.8. The molecule has 0 atom stereocenters. The molecule has 1 aliphatic heterocycles. The second kappa shape index (κ2) is 10.5. The number of ether oxygens (including phenoxy) is 2. The van der Waals surface area contributed by atoms with Gasteiger partial charge in [0, 0.05) is 56.3 Å². The van der Waals surface area contributed by atoms with Crippen molar-refractivity contribution in [3.8, 4) is 22.9 Å². The van der Waals surface area contributed by atoms with Crippen molar-refractivity contribution in [3.05, 3.63) is 52.3 Å². The largest absolute Gasteiger partial charge is 0.497 e. The Labute approximate surface area is 205 Å².